The number of benzene rings is 2. The quantitative estimate of drug-likeness (QED) is 0.655. The number of hydrogen-bond acceptors (Lipinski definition) is 3. The molecule has 134 valence electrons. The van der Waals surface area contributed by atoms with E-state index in [2.05, 4.69) is 5.32 Å². The molecule has 0 saturated carbocycles. The first-order chi connectivity index (χ1) is 12.2. The van der Waals surface area contributed by atoms with Gasteiger partial charge in [0.15, 0.2) is 0 Å². The molecule has 0 atom stereocenters. The van der Waals surface area contributed by atoms with Gasteiger partial charge in [-0.2, -0.15) is 0 Å². The van der Waals surface area contributed by atoms with Crippen LogP contribution in [0.15, 0.2) is 48.5 Å². The Hall–Kier alpha value is -1.88. The third kappa shape index (κ3) is 7.26. The molecule has 0 bridgehead atoms. The van der Waals surface area contributed by atoms with Gasteiger partial charge in [0.25, 0.3) is 0 Å². The normalized spacial score (nSPS) is 10.6. The molecule has 0 aliphatic heterocycles. The minimum Gasteiger partial charge on any atom is -0.379 e. The van der Waals surface area contributed by atoms with Gasteiger partial charge in [0.2, 0.25) is 5.91 Å². The van der Waals surface area contributed by atoms with Gasteiger partial charge >= 0.3 is 0 Å². The van der Waals surface area contributed by atoms with Crippen molar-refractivity contribution in [3.05, 3.63) is 70.2 Å². The topological polar surface area (TPSA) is 47.6 Å². The third-order valence-corrected chi connectivity index (χ3v) is 4.00. The van der Waals surface area contributed by atoms with Gasteiger partial charge in [0.05, 0.1) is 26.2 Å². The summed E-state index contributed by atoms with van der Waals surface area (Å²) >= 11 is 6.08. The Balaban J connectivity index is 1.77. The zero-order chi connectivity index (χ0) is 17.9. The number of carbonyl (C=O) groups excluding carboxylic acids is 1. The fourth-order valence-corrected chi connectivity index (χ4v) is 2.56. The molecule has 1 N–H and O–H groups in total. The molecule has 0 spiro atoms. The van der Waals surface area contributed by atoms with E-state index in [0.717, 1.165) is 16.7 Å². The summed E-state index contributed by atoms with van der Waals surface area (Å²) in [6.07, 6.45) is 0.278. The summed E-state index contributed by atoms with van der Waals surface area (Å²) in [6.45, 7) is 4.86. The minimum atomic E-state index is -0.0496. The van der Waals surface area contributed by atoms with Crippen LogP contribution in [0.2, 0.25) is 5.02 Å². The monoisotopic (exact) mass is 361 g/mol. The molecule has 2 aromatic rings. The number of nitrogens with one attached hydrogen (secondary N) is 1. The molecule has 0 aliphatic carbocycles. The Morgan fingerprint density at radius 1 is 1.04 bits per heavy atom. The van der Waals surface area contributed by atoms with E-state index >= 15 is 0 Å². The number of rotatable bonds is 10. The standard InChI is InChI=1S/C20H24ClNO3/c1-2-24-10-11-25-15-17-7-5-6-16(12-17)14-22-20(23)13-18-8-3-4-9-19(18)21/h3-9,12H,2,10-11,13-15H2,1H3,(H,22,23). The third-order valence-electron chi connectivity index (χ3n) is 3.63. The van der Waals surface area contributed by atoms with Crippen LogP contribution in [-0.2, 0) is 33.8 Å². The molecule has 25 heavy (non-hydrogen) atoms. The number of amides is 1. The van der Waals surface area contributed by atoms with Crippen molar-refractivity contribution in [2.75, 3.05) is 19.8 Å². The number of hydrogen-bond donors (Lipinski definition) is 1. The molecule has 0 fully saturated rings. The average molecular weight is 362 g/mol. The summed E-state index contributed by atoms with van der Waals surface area (Å²) in [4.78, 5) is 12.1. The van der Waals surface area contributed by atoms with Crippen LogP contribution in [0.4, 0.5) is 0 Å². The first kappa shape index (κ1) is 19.4. The van der Waals surface area contributed by atoms with Crippen molar-refractivity contribution in [1.29, 1.82) is 0 Å². The van der Waals surface area contributed by atoms with E-state index in [-0.39, 0.29) is 12.3 Å². The summed E-state index contributed by atoms with van der Waals surface area (Å²) in [5, 5.41) is 3.54. The van der Waals surface area contributed by atoms with Crippen molar-refractivity contribution in [2.45, 2.75) is 26.5 Å². The zero-order valence-corrected chi connectivity index (χ0v) is 15.2. The fraction of sp³-hybridized carbons (Fsp3) is 0.350. The Morgan fingerprint density at radius 2 is 1.80 bits per heavy atom. The van der Waals surface area contributed by atoms with E-state index in [1.165, 1.54) is 0 Å². The predicted octanol–water partition coefficient (Wildman–Crippen LogP) is 3.75. The molecule has 0 unspecified atom stereocenters. The summed E-state index contributed by atoms with van der Waals surface area (Å²) < 4.78 is 10.8. The maximum Gasteiger partial charge on any atom is 0.224 e. The van der Waals surface area contributed by atoms with E-state index in [4.69, 9.17) is 21.1 Å². The molecule has 0 aromatic heterocycles. The van der Waals surface area contributed by atoms with E-state index in [0.29, 0.717) is 38.0 Å². The minimum absolute atomic E-state index is 0.0496. The molecule has 0 heterocycles. The van der Waals surface area contributed by atoms with Gasteiger partial charge in [-0.1, -0.05) is 54.1 Å². The van der Waals surface area contributed by atoms with Gasteiger partial charge < -0.3 is 14.8 Å². The Kier molecular flexibility index (Phi) is 8.46. The fourth-order valence-electron chi connectivity index (χ4n) is 2.36. The zero-order valence-electron chi connectivity index (χ0n) is 14.5. The Morgan fingerprint density at radius 3 is 2.60 bits per heavy atom. The van der Waals surface area contributed by atoms with Crippen LogP contribution in [0.5, 0.6) is 0 Å². The van der Waals surface area contributed by atoms with Crippen LogP contribution >= 0.6 is 11.6 Å². The first-order valence-corrected chi connectivity index (χ1v) is 8.80. The molecule has 5 heteroatoms. The molecular weight excluding hydrogens is 338 g/mol. The van der Waals surface area contributed by atoms with Crippen LogP contribution in [0.25, 0.3) is 0 Å². The van der Waals surface area contributed by atoms with Gasteiger partial charge in [-0.3, -0.25) is 4.79 Å². The first-order valence-electron chi connectivity index (χ1n) is 8.42. The number of carbonyl (C=O) groups is 1. The van der Waals surface area contributed by atoms with Crippen molar-refractivity contribution in [3.8, 4) is 0 Å². The number of halogens is 1. The van der Waals surface area contributed by atoms with E-state index in [1.54, 1.807) is 6.07 Å². The molecular formula is C20H24ClNO3. The van der Waals surface area contributed by atoms with E-state index in [9.17, 15) is 4.79 Å². The van der Waals surface area contributed by atoms with Gasteiger partial charge in [-0.25, -0.2) is 0 Å². The summed E-state index contributed by atoms with van der Waals surface area (Å²) in [5.74, 6) is -0.0496. The summed E-state index contributed by atoms with van der Waals surface area (Å²) in [7, 11) is 0. The van der Waals surface area contributed by atoms with Crippen LogP contribution in [0.3, 0.4) is 0 Å². The second kappa shape index (κ2) is 10.9. The van der Waals surface area contributed by atoms with Crippen molar-refractivity contribution in [3.63, 3.8) is 0 Å². The summed E-state index contributed by atoms with van der Waals surface area (Å²) in [6, 6.07) is 15.4. The smallest absolute Gasteiger partial charge is 0.224 e. The lowest BCUT2D eigenvalue weighted by atomic mass is 10.1. The highest BCUT2D eigenvalue weighted by atomic mass is 35.5. The highest BCUT2D eigenvalue weighted by Crippen LogP contribution is 2.15. The van der Waals surface area contributed by atoms with Crippen molar-refractivity contribution >= 4 is 17.5 Å². The van der Waals surface area contributed by atoms with E-state index in [1.807, 2.05) is 49.4 Å². The van der Waals surface area contributed by atoms with Crippen LogP contribution in [0, 0.1) is 0 Å². The lowest BCUT2D eigenvalue weighted by Crippen LogP contribution is -2.24. The maximum absolute atomic E-state index is 12.1. The van der Waals surface area contributed by atoms with E-state index < -0.39 is 0 Å². The highest BCUT2D eigenvalue weighted by molar-refractivity contribution is 6.31. The van der Waals surface area contributed by atoms with Gasteiger partial charge in [-0.15, -0.1) is 0 Å². The largest absolute Gasteiger partial charge is 0.379 e. The second-order valence-corrected chi connectivity index (χ2v) is 6.02. The lowest BCUT2D eigenvalue weighted by molar-refractivity contribution is -0.120. The predicted molar refractivity (Wildman–Crippen MR) is 99.6 cm³/mol. The second-order valence-electron chi connectivity index (χ2n) is 5.61. The van der Waals surface area contributed by atoms with Crippen LogP contribution in [-0.4, -0.2) is 25.7 Å². The van der Waals surface area contributed by atoms with Crippen molar-refractivity contribution in [1.82, 2.24) is 5.32 Å². The van der Waals surface area contributed by atoms with Gasteiger partial charge in [0, 0.05) is 18.2 Å². The lowest BCUT2D eigenvalue weighted by Gasteiger charge is -2.09. The van der Waals surface area contributed by atoms with Crippen molar-refractivity contribution < 1.29 is 14.3 Å². The number of ether oxygens (including phenoxy) is 2. The molecule has 0 radical (unpaired) electrons. The molecule has 2 aromatic carbocycles. The van der Waals surface area contributed by atoms with Gasteiger partial charge in [-0.05, 0) is 29.7 Å². The van der Waals surface area contributed by atoms with Crippen molar-refractivity contribution in [2.24, 2.45) is 0 Å². The van der Waals surface area contributed by atoms with Gasteiger partial charge in [0.1, 0.15) is 0 Å². The highest BCUT2D eigenvalue weighted by Gasteiger charge is 2.06. The Bertz CT molecular complexity index is 675. The Labute approximate surface area is 154 Å². The SMILES string of the molecule is CCOCCOCc1cccc(CNC(=O)Cc2ccccc2Cl)c1. The molecule has 0 saturated heterocycles. The van der Waals surface area contributed by atoms with Crippen LogP contribution in [0.1, 0.15) is 23.6 Å². The maximum atomic E-state index is 12.1. The molecule has 2 rings (SSSR count). The average Bonchev–Trinajstić information content (AvgIpc) is 2.62. The summed E-state index contributed by atoms with van der Waals surface area (Å²) in [5.41, 5.74) is 2.95. The molecule has 0 aliphatic rings. The van der Waals surface area contributed by atoms with Crippen LogP contribution < -0.4 is 5.32 Å². The molecule has 4 nitrogen and oxygen atoms in total. The molecule has 1 amide bonds.